The van der Waals surface area contributed by atoms with Gasteiger partial charge in [0.2, 0.25) is 16.3 Å². The third kappa shape index (κ3) is 6.89. The van der Waals surface area contributed by atoms with Gasteiger partial charge < -0.3 is 9.84 Å². The molecule has 0 aliphatic rings. The minimum absolute atomic E-state index is 0.0887. The molecule has 1 aromatic carbocycles. The molecule has 1 aromatic rings. The number of aliphatic hydroxyl groups excluding tert-OH is 1. The van der Waals surface area contributed by atoms with Crippen molar-refractivity contribution in [1.29, 1.82) is 0 Å². The van der Waals surface area contributed by atoms with Crippen molar-refractivity contribution in [3.05, 3.63) is 34.7 Å². The van der Waals surface area contributed by atoms with E-state index in [1.54, 1.807) is 12.1 Å². The molecule has 0 spiro atoms. The first-order chi connectivity index (χ1) is 11.8. The maximum Gasteiger partial charge on any atom is 0.305 e. The molecule has 8 nitrogen and oxygen atoms in total. The highest BCUT2D eigenvalue weighted by Gasteiger charge is 2.26. The number of carbonyl (C=O) groups excluding carboxylic acids is 1. The average molecular weight is 372 g/mol. The Labute approximate surface area is 147 Å². The third-order valence-electron chi connectivity index (χ3n) is 3.66. The Hall–Kier alpha value is -1.84. The molecule has 0 aliphatic carbocycles. The fraction of sp³-hybridized carbons (Fsp3) is 0.562. The van der Waals surface area contributed by atoms with E-state index in [-0.39, 0.29) is 23.8 Å². The summed E-state index contributed by atoms with van der Waals surface area (Å²) in [5.74, 6) is -0.315. The lowest BCUT2D eigenvalue weighted by Crippen LogP contribution is -2.37. The maximum atomic E-state index is 12.7. The number of nitroso groups, excluding NO2 is 1. The van der Waals surface area contributed by atoms with E-state index in [2.05, 4.69) is 9.91 Å². The van der Waals surface area contributed by atoms with Crippen LogP contribution in [-0.4, -0.2) is 50.2 Å². The maximum absolute atomic E-state index is 12.7. The molecular formula is C16H24N2O6S. The fourth-order valence-electron chi connectivity index (χ4n) is 2.22. The summed E-state index contributed by atoms with van der Waals surface area (Å²) in [6, 6.07) is 6.32. The summed E-state index contributed by atoms with van der Waals surface area (Å²) >= 11 is 0. The fourth-order valence-corrected chi connectivity index (χ4v) is 3.70. The van der Waals surface area contributed by atoms with Crippen molar-refractivity contribution in [2.45, 2.75) is 43.7 Å². The Morgan fingerprint density at radius 2 is 1.88 bits per heavy atom. The largest absolute Gasteiger partial charge is 0.469 e. The normalized spacial score (nSPS) is 12.8. The highest BCUT2D eigenvalue weighted by atomic mass is 32.2. The van der Waals surface area contributed by atoms with Crippen molar-refractivity contribution >= 4 is 16.0 Å². The molecule has 0 saturated carbocycles. The second-order valence-corrected chi connectivity index (χ2v) is 7.59. The van der Waals surface area contributed by atoms with E-state index < -0.39 is 22.8 Å². The van der Waals surface area contributed by atoms with Crippen LogP contribution in [0.1, 0.15) is 31.2 Å². The van der Waals surface area contributed by atoms with Crippen LogP contribution in [0.25, 0.3) is 0 Å². The van der Waals surface area contributed by atoms with Crippen molar-refractivity contribution in [3.8, 4) is 0 Å². The summed E-state index contributed by atoms with van der Waals surface area (Å²) in [4.78, 5) is 21.6. The monoisotopic (exact) mass is 372 g/mol. The molecule has 140 valence electrons. The molecule has 0 amide bonds. The van der Waals surface area contributed by atoms with Crippen molar-refractivity contribution in [1.82, 2.24) is 4.31 Å². The lowest BCUT2D eigenvalue weighted by Gasteiger charge is -2.22. The van der Waals surface area contributed by atoms with Gasteiger partial charge in [0.1, 0.15) is 0 Å². The molecule has 0 aromatic heterocycles. The molecule has 0 radical (unpaired) electrons. The van der Waals surface area contributed by atoms with Crippen LogP contribution in [0.5, 0.6) is 0 Å². The summed E-state index contributed by atoms with van der Waals surface area (Å²) in [5, 5.41) is 11.9. The van der Waals surface area contributed by atoms with Crippen molar-refractivity contribution < 1.29 is 23.1 Å². The van der Waals surface area contributed by atoms with Crippen molar-refractivity contribution in [3.63, 3.8) is 0 Å². The molecule has 1 rings (SSSR count). The molecule has 0 fully saturated rings. The zero-order valence-electron chi connectivity index (χ0n) is 14.4. The molecule has 1 N–H and O–H groups in total. The highest BCUT2D eigenvalue weighted by molar-refractivity contribution is 7.89. The summed E-state index contributed by atoms with van der Waals surface area (Å²) in [6.07, 6.45) is 0.294. The summed E-state index contributed by atoms with van der Waals surface area (Å²) in [6.45, 7) is 1.55. The minimum atomic E-state index is -3.85. The van der Waals surface area contributed by atoms with Gasteiger partial charge in [0.15, 0.2) is 0 Å². The quantitative estimate of drug-likeness (QED) is 0.360. The number of rotatable bonds is 11. The third-order valence-corrected chi connectivity index (χ3v) is 5.54. The van der Waals surface area contributed by atoms with Crippen LogP contribution in [0.4, 0.5) is 0 Å². The standard InChI is InChI=1S/C16H24N2O6S/c1-13-7-9-14(10-8-13)25(22,23)18(12-15(19)17-21)11-5-3-4-6-16(20)24-2/h7-10,15,19H,3-6,11-12H2,1-2H3. The van der Waals surface area contributed by atoms with E-state index in [4.69, 9.17) is 0 Å². The van der Waals surface area contributed by atoms with E-state index in [0.717, 1.165) is 9.87 Å². The number of aliphatic hydroxyl groups is 1. The SMILES string of the molecule is COC(=O)CCCCCN(CC(O)N=O)S(=O)(=O)c1ccc(C)cc1. The van der Waals surface area contributed by atoms with Crippen LogP contribution in [-0.2, 0) is 19.6 Å². The van der Waals surface area contributed by atoms with Gasteiger partial charge in [-0.05, 0) is 37.1 Å². The first-order valence-electron chi connectivity index (χ1n) is 7.95. The molecule has 0 heterocycles. The number of ether oxygens (including phenoxy) is 1. The van der Waals surface area contributed by atoms with Gasteiger partial charge in [-0.3, -0.25) is 4.79 Å². The average Bonchev–Trinajstić information content (AvgIpc) is 2.60. The van der Waals surface area contributed by atoms with Gasteiger partial charge >= 0.3 is 5.97 Å². The summed E-state index contributed by atoms with van der Waals surface area (Å²) in [7, 11) is -2.54. The number of carbonyl (C=O) groups is 1. The Morgan fingerprint density at radius 3 is 2.44 bits per heavy atom. The van der Waals surface area contributed by atoms with Crippen LogP contribution >= 0.6 is 0 Å². The van der Waals surface area contributed by atoms with Gasteiger partial charge in [-0.2, -0.15) is 4.31 Å². The molecule has 9 heteroatoms. The van der Waals surface area contributed by atoms with E-state index in [9.17, 15) is 23.2 Å². The van der Waals surface area contributed by atoms with Crippen LogP contribution in [0.2, 0.25) is 0 Å². The molecule has 25 heavy (non-hydrogen) atoms. The summed E-state index contributed by atoms with van der Waals surface area (Å²) < 4.78 is 31.0. The van der Waals surface area contributed by atoms with Crippen LogP contribution < -0.4 is 0 Å². The summed E-state index contributed by atoms with van der Waals surface area (Å²) in [5.41, 5.74) is 0.919. The van der Waals surface area contributed by atoms with Crippen molar-refractivity contribution in [2.75, 3.05) is 20.2 Å². The van der Waals surface area contributed by atoms with Crippen molar-refractivity contribution in [2.24, 2.45) is 5.18 Å². The predicted molar refractivity (Wildman–Crippen MR) is 92.2 cm³/mol. The number of benzene rings is 1. The lowest BCUT2D eigenvalue weighted by molar-refractivity contribution is -0.140. The second-order valence-electron chi connectivity index (χ2n) is 5.65. The first kappa shape index (κ1) is 21.2. The Bertz CT molecular complexity index is 660. The molecule has 0 saturated heterocycles. The van der Waals surface area contributed by atoms with E-state index >= 15 is 0 Å². The minimum Gasteiger partial charge on any atom is -0.469 e. The molecule has 1 atom stereocenters. The number of esters is 1. The molecule has 0 bridgehead atoms. The zero-order valence-corrected chi connectivity index (χ0v) is 15.2. The first-order valence-corrected chi connectivity index (χ1v) is 9.39. The topological polar surface area (TPSA) is 113 Å². The number of unbranched alkanes of at least 4 members (excludes halogenated alkanes) is 2. The number of hydrogen-bond donors (Lipinski definition) is 1. The molecule has 0 aliphatic heterocycles. The number of aryl methyl sites for hydroxylation is 1. The van der Waals surface area contributed by atoms with Crippen LogP contribution in [0, 0.1) is 11.8 Å². The number of sulfonamides is 1. The van der Waals surface area contributed by atoms with Gasteiger partial charge in [-0.25, -0.2) is 8.42 Å². The predicted octanol–water partition coefficient (Wildman–Crippen LogP) is 1.80. The Morgan fingerprint density at radius 1 is 1.24 bits per heavy atom. The molecule has 1 unspecified atom stereocenters. The second kappa shape index (κ2) is 10.2. The number of methoxy groups -OCH3 is 1. The smallest absolute Gasteiger partial charge is 0.305 e. The Kier molecular flexibility index (Phi) is 8.67. The molecular weight excluding hydrogens is 348 g/mol. The number of nitrogens with zero attached hydrogens (tertiary/aromatic N) is 2. The van der Waals surface area contributed by atoms with Gasteiger partial charge in [0.05, 0.1) is 18.6 Å². The zero-order chi connectivity index (χ0) is 18.9. The van der Waals surface area contributed by atoms with Gasteiger partial charge in [0.25, 0.3) is 0 Å². The van der Waals surface area contributed by atoms with Crippen LogP contribution in [0.3, 0.4) is 0 Å². The van der Waals surface area contributed by atoms with E-state index in [1.807, 2.05) is 6.92 Å². The Balaban J connectivity index is 2.76. The van der Waals surface area contributed by atoms with Gasteiger partial charge in [0, 0.05) is 13.0 Å². The highest BCUT2D eigenvalue weighted by Crippen LogP contribution is 2.18. The van der Waals surface area contributed by atoms with Gasteiger partial charge in [-0.15, -0.1) is 4.91 Å². The van der Waals surface area contributed by atoms with Crippen LogP contribution in [0.15, 0.2) is 34.3 Å². The lowest BCUT2D eigenvalue weighted by atomic mass is 10.2. The van der Waals surface area contributed by atoms with E-state index in [1.165, 1.54) is 19.2 Å². The number of hydrogen-bond acceptors (Lipinski definition) is 7. The van der Waals surface area contributed by atoms with Gasteiger partial charge in [-0.1, -0.05) is 24.1 Å². The van der Waals surface area contributed by atoms with E-state index in [0.29, 0.717) is 19.3 Å².